The van der Waals surface area contributed by atoms with Gasteiger partial charge in [-0.25, -0.2) is 8.78 Å². The first-order valence-electron chi connectivity index (χ1n) is 5.95. The predicted molar refractivity (Wildman–Crippen MR) is 70.0 cm³/mol. The second-order valence-corrected chi connectivity index (χ2v) is 4.23. The third-order valence-electron chi connectivity index (χ3n) is 2.81. The first kappa shape index (κ1) is 14.1. The van der Waals surface area contributed by atoms with Crippen LogP contribution in [-0.4, -0.2) is 4.92 Å². The number of rotatable bonds is 5. The lowest BCUT2D eigenvalue weighted by Crippen LogP contribution is -2.15. The molecule has 0 bridgehead atoms. The number of benzene rings is 2. The van der Waals surface area contributed by atoms with E-state index in [-0.39, 0.29) is 24.3 Å². The molecule has 2 aromatic carbocycles. The van der Waals surface area contributed by atoms with Crippen LogP contribution in [0.25, 0.3) is 0 Å². The van der Waals surface area contributed by atoms with Gasteiger partial charge in [-0.05, 0) is 17.7 Å². The van der Waals surface area contributed by atoms with Gasteiger partial charge in [-0.3, -0.25) is 10.1 Å². The molecule has 0 aliphatic carbocycles. The molecule has 1 N–H and O–H groups in total. The van der Waals surface area contributed by atoms with E-state index in [1.54, 1.807) is 12.1 Å². The summed E-state index contributed by atoms with van der Waals surface area (Å²) >= 11 is 0. The third kappa shape index (κ3) is 3.36. The SMILES string of the molecule is O=[N+]([O-])c1cccc(CNCc2c(F)cccc2F)c1. The lowest BCUT2D eigenvalue weighted by atomic mass is 10.1. The van der Waals surface area contributed by atoms with E-state index in [0.29, 0.717) is 5.56 Å². The monoisotopic (exact) mass is 278 g/mol. The highest BCUT2D eigenvalue weighted by molar-refractivity contribution is 5.34. The summed E-state index contributed by atoms with van der Waals surface area (Å²) in [6.07, 6.45) is 0. The quantitative estimate of drug-likeness (QED) is 0.675. The second kappa shape index (κ2) is 6.21. The Balaban J connectivity index is 1.99. The lowest BCUT2D eigenvalue weighted by molar-refractivity contribution is -0.384. The first-order valence-corrected chi connectivity index (χ1v) is 5.95. The van der Waals surface area contributed by atoms with Crippen LogP contribution in [-0.2, 0) is 13.1 Å². The Morgan fingerprint density at radius 1 is 1.05 bits per heavy atom. The maximum atomic E-state index is 13.4. The average Bonchev–Trinajstić information content (AvgIpc) is 2.42. The molecule has 0 amide bonds. The average molecular weight is 278 g/mol. The molecular weight excluding hydrogens is 266 g/mol. The minimum atomic E-state index is -0.614. The van der Waals surface area contributed by atoms with Gasteiger partial charge in [-0.15, -0.1) is 0 Å². The Bertz CT molecular complexity index is 612. The molecule has 4 nitrogen and oxygen atoms in total. The predicted octanol–water partition coefficient (Wildman–Crippen LogP) is 3.16. The number of nitrogens with one attached hydrogen (secondary N) is 1. The van der Waals surface area contributed by atoms with E-state index >= 15 is 0 Å². The van der Waals surface area contributed by atoms with E-state index in [4.69, 9.17) is 0 Å². The van der Waals surface area contributed by atoms with E-state index in [9.17, 15) is 18.9 Å². The maximum Gasteiger partial charge on any atom is 0.269 e. The molecule has 0 atom stereocenters. The fourth-order valence-corrected chi connectivity index (χ4v) is 1.81. The van der Waals surface area contributed by atoms with Gasteiger partial charge in [0, 0.05) is 30.8 Å². The highest BCUT2D eigenvalue weighted by Crippen LogP contribution is 2.14. The van der Waals surface area contributed by atoms with Gasteiger partial charge in [-0.1, -0.05) is 18.2 Å². The van der Waals surface area contributed by atoms with Gasteiger partial charge in [0.1, 0.15) is 11.6 Å². The molecule has 0 saturated heterocycles. The standard InChI is InChI=1S/C14H12F2N2O2/c15-13-5-2-6-14(16)12(13)9-17-8-10-3-1-4-11(7-10)18(19)20/h1-7,17H,8-9H2. The van der Waals surface area contributed by atoms with Gasteiger partial charge >= 0.3 is 0 Å². The molecular formula is C14H12F2N2O2. The van der Waals surface area contributed by atoms with Crippen LogP contribution >= 0.6 is 0 Å². The molecule has 2 rings (SSSR count). The summed E-state index contributed by atoms with van der Waals surface area (Å²) in [5.41, 5.74) is 0.621. The van der Waals surface area contributed by atoms with Crippen molar-refractivity contribution in [2.24, 2.45) is 0 Å². The summed E-state index contributed by atoms with van der Waals surface area (Å²) in [7, 11) is 0. The number of nitro benzene ring substituents is 1. The normalized spacial score (nSPS) is 10.5. The maximum absolute atomic E-state index is 13.4. The van der Waals surface area contributed by atoms with Crippen LogP contribution in [0.4, 0.5) is 14.5 Å². The number of non-ortho nitro benzene ring substituents is 1. The van der Waals surface area contributed by atoms with Gasteiger partial charge in [0.2, 0.25) is 0 Å². The molecule has 104 valence electrons. The Morgan fingerprint density at radius 2 is 1.70 bits per heavy atom. The molecule has 0 saturated carbocycles. The zero-order chi connectivity index (χ0) is 14.5. The van der Waals surface area contributed by atoms with Crippen LogP contribution in [0, 0.1) is 21.7 Å². The van der Waals surface area contributed by atoms with Crippen molar-refractivity contribution >= 4 is 5.69 Å². The fraction of sp³-hybridized carbons (Fsp3) is 0.143. The highest BCUT2D eigenvalue weighted by Gasteiger charge is 2.08. The molecule has 0 heterocycles. The van der Waals surface area contributed by atoms with Crippen LogP contribution < -0.4 is 5.32 Å². The molecule has 20 heavy (non-hydrogen) atoms. The van der Waals surface area contributed by atoms with Crippen molar-refractivity contribution in [3.8, 4) is 0 Å². The van der Waals surface area contributed by atoms with Gasteiger partial charge in [0.25, 0.3) is 5.69 Å². The molecule has 0 radical (unpaired) electrons. The van der Waals surface area contributed by atoms with Crippen LogP contribution in [0.5, 0.6) is 0 Å². The first-order chi connectivity index (χ1) is 9.58. The minimum Gasteiger partial charge on any atom is -0.308 e. The Labute approximate surface area is 114 Å². The van der Waals surface area contributed by atoms with E-state index in [1.165, 1.54) is 30.3 Å². The zero-order valence-electron chi connectivity index (χ0n) is 10.5. The number of nitro groups is 1. The van der Waals surface area contributed by atoms with Gasteiger partial charge in [0.15, 0.2) is 0 Å². The van der Waals surface area contributed by atoms with Crippen LogP contribution in [0.15, 0.2) is 42.5 Å². The van der Waals surface area contributed by atoms with E-state index in [1.807, 2.05) is 0 Å². The largest absolute Gasteiger partial charge is 0.308 e. The topological polar surface area (TPSA) is 55.2 Å². The van der Waals surface area contributed by atoms with Crippen LogP contribution in [0.1, 0.15) is 11.1 Å². The van der Waals surface area contributed by atoms with Crippen molar-refractivity contribution < 1.29 is 13.7 Å². The Hall–Kier alpha value is -2.34. The van der Waals surface area contributed by atoms with Crippen LogP contribution in [0.2, 0.25) is 0 Å². The molecule has 0 unspecified atom stereocenters. The molecule has 6 heteroatoms. The van der Waals surface area contributed by atoms with Crippen molar-refractivity contribution in [2.75, 3.05) is 0 Å². The van der Waals surface area contributed by atoms with Gasteiger partial charge < -0.3 is 5.32 Å². The van der Waals surface area contributed by atoms with E-state index < -0.39 is 16.6 Å². The number of hydrogen-bond acceptors (Lipinski definition) is 3. The number of nitrogens with zero attached hydrogens (tertiary/aromatic N) is 1. The minimum absolute atomic E-state index is 0.0126. The molecule has 0 fully saturated rings. The summed E-state index contributed by atoms with van der Waals surface area (Å²) in [6.45, 7) is 0.302. The summed E-state index contributed by atoms with van der Waals surface area (Å²) in [5.74, 6) is -1.23. The molecule has 0 aliphatic heterocycles. The smallest absolute Gasteiger partial charge is 0.269 e. The Kier molecular flexibility index (Phi) is 4.37. The van der Waals surface area contributed by atoms with Crippen molar-refractivity contribution in [3.05, 3.63) is 75.3 Å². The fourth-order valence-electron chi connectivity index (χ4n) is 1.81. The summed E-state index contributed by atoms with van der Waals surface area (Å²) < 4.78 is 26.8. The zero-order valence-corrected chi connectivity index (χ0v) is 10.5. The molecule has 0 spiro atoms. The second-order valence-electron chi connectivity index (χ2n) is 4.23. The molecule has 0 aromatic heterocycles. The molecule has 0 aliphatic rings. The highest BCUT2D eigenvalue weighted by atomic mass is 19.1. The van der Waals surface area contributed by atoms with E-state index in [2.05, 4.69) is 5.32 Å². The van der Waals surface area contributed by atoms with Gasteiger partial charge in [-0.2, -0.15) is 0 Å². The lowest BCUT2D eigenvalue weighted by Gasteiger charge is -2.07. The van der Waals surface area contributed by atoms with Crippen molar-refractivity contribution in [1.29, 1.82) is 0 Å². The van der Waals surface area contributed by atoms with Crippen molar-refractivity contribution in [3.63, 3.8) is 0 Å². The van der Waals surface area contributed by atoms with Crippen molar-refractivity contribution in [2.45, 2.75) is 13.1 Å². The van der Waals surface area contributed by atoms with E-state index in [0.717, 1.165) is 0 Å². The third-order valence-corrected chi connectivity index (χ3v) is 2.81. The van der Waals surface area contributed by atoms with Crippen LogP contribution in [0.3, 0.4) is 0 Å². The summed E-state index contributed by atoms with van der Waals surface area (Å²) in [6, 6.07) is 9.76. The summed E-state index contributed by atoms with van der Waals surface area (Å²) in [5, 5.41) is 13.5. The number of hydrogen-bond donors (Lipinski definition) is 1. The number of halogens is 2. The summed E-state index contributed by atoms with van der Waals surface area (Å²) in [4.78, 5) is 10.1. The molecule has 2 aromatic rings. The Morgan fingerprint density at radius 3 is 2.35 bits per heavy atom. The van der Waals surface area contributed by atoms with Crippen molar-refractivity contribution in [1.82, 2.24) is 5.32 Å². The van der Waals surface area contributed by atoms with Gasteiger partial charge in [0.05, 0.1) is 4.92 Å².